The van der Waals surface area contributed by atoms with Gasteiger partial charge in [-0.05, 0) is 25.0 Å². The average Bonchev–Trinajstić information content (AvgIpc) is 2.90. The molecule has 0 bridgehead atoms. The summed E-state index contributed by atoms with van der Waals surface area (Å²) in [6.45, 7) is 4.36. The fourth-order valence-corrected chi connectivity index (χ4v) is 1.79. The summed E-state index contributed by atoms with van der Waals surface area (Å²) in [6, 6.07) is 4.51. The maximum absolute atomic E-state index is 4.34. The fraction of sp³-hybridized carbons (Fsp3) is 0.385. The van der Waals surface area contributed by atoms with Crippen molar-refractivity contribution >= 4 is 5.82 Å². The monoisotopic (exact) mass is 230 g/mol. The second-order valence-electron chi connectivity index (χ2n) is 4.05. The molecular weight excluding hydrogens is 212 g/mol. The second kappa shape index (κ2) is 5.48. The van der Waals surface area contributed by atoms with E-state index in [9.17, 15) is 0 Å². The first kappa shape index (κ1) is 11.6. The molecule has 0 fully saturated rings. The summed E-state index contributed by atoms with van der Waals surface area (Å²) < 4.78 is 0. The SMILES string of the molecule is CCC(CC)Nc1cc(-c2cnc[nH]2)ccn1. The van der Waals surface area contributed by atoms with Gasteiger partial charge in [0.05, 0.1) is 18.2 Å². The first-order chi connectivity index (χ1) is 8.33. The van der Waals surface area contributed by atoms with E-state index in [1.54, 1.807) is 6.33 Å². The Balaban J connectivity index is 2.17. The lowest BCUT2D eigenvalue weighted by Gasteiger charge is -2.15. The van der Waals surface area contributed by atoms with Crippen LogP contribution in [0.5, 0.6) is 0 Å². The van der Waals surface area contributed by atoms with Crippen LogP contribution in [0.1, 0.15) is 26.7 Å². The maximum Gasteiger partial charge on any atom is 0.126 e. The molecule has 2 heterocycles. The summed E-state index contributed by atoms with van der Waals surface area (Å²) in [5.41, 5.74) is 2.12. The third kappa shape index (κ3) is 2.84. The predicted octanol–water partition coefficient (Wildman–Crippen LogP) is 3.07. The number of aromatic amines is 1. The molecule has 4 heteroatoms. The molecule has 2 aromatic heterocycles. The average molecular weight is 230 g/mol. The van der Waals surface area contributed by atoms with E-state index in [-0.39, 0.29) is 0 Å². The van der Waals surface area contributed by atoms with Crippen molar-refractivity contribution in [2.24, 2.45) is 0 Å². The first-order valence-corrected chi connectivity index (χ1v) is 6.04. The molecule has 90 valence electrons. The molecule has 0 aliphatic carbocycles. The molecule has 0 aliphatic rings. The number of rotatable bonds is 5. The molecule has 2 N–H and O–H groups in total. The van der Waals surface area contributed by atoms with E-state index in [0.717, 1.165) is 29.9 Å². The van der Waals surface area contributed by atoms with Crippen LogP contribution >= 0.6 is 0 Å². The highest BCUT2D eigenvalue weighted by Gasteiger charge is 2.05. The number of hydrogen-bond acceptors (Lipinski definition) is 3. The zero-order valence-electron chi connectivity index (χ0n) is 10.3. The second-order valence-corrected chi connectivity index (χ2v) is 4.05. The van der Waals surface area contributed by atoms with Crippen molar-refractivity contribution < 1.29 is 0 Å². The lowest BCUT2D eigenvalue weighted by atomic mass is 10.1. The molecule has 0 aromatic carbocycles. The Morgan fingerprint density at radius 1 is 1.35 bits per heavy atom. The largest absolute Gasteiger partial charge is 0.367 e. The standard InChI is InChI=1S/C13H18N4/c1-3-11(4-2)17-13-7-10(5-6-15-13)12-8-14-9-16-12/h5-9,11H,3-4H2,1-2H3,(H,14,16)(H,15,17). The summed E-state index contributed by atoms with van der Waals surface area (Å²) in [4.78, 5) is 11.5. The van der Waals surface area contributed by atoms with Gasteiger partial charge in [0.2, 0.25) is 0 Å². The van der Waals surface area contributed by atoms with E-state index >= 15 is 0 Å². The van der Waals surface area contributed by atoms with Gasteiger partial charge in [-0.3, -0.25) is 0 Å². The smallest absolute Gasteiger partial charge is 0.126 e. The van der Waals surface area contributed by atoms with Crippen LogP contribution in [-0.4, -0.2) is 21.0 Å². The van der Waals surface area contributed by atoms with E-state index in [2.05, 4.69) is 34.1 Å². The van der Waals surface area contributed by atoms with Crippen molar-refractivity contribution in [1.82, 2.24) is 15.0 Å². The van der Waals surface area contributed by atoms with Crippen LogP contribution in [0.4, 0.5) is 5.82 Å². The minimum absolute atomic E-state index is 0.486. The van der Waals surface area contributed by atoms with Crippen molar-refractivity contribution in [2.45, 2.75) is 32.7 Å². The van der Waals surface area contributed by atoms with Crippen molar-refractivity contribution in [3.63, 3.8) is 0 Å². The molecule has 17 heavy (non-hydrogen) atoms. The highest BCUT2D eigenvalue weighted by molar-refractivity contribution is 5.61. The minimum atomic E-state index is 0.486. The van der Waals surface area contributed by atoms with Gasteiger partial charge in [-0.2, -0.15) is 0 Å². The molecule has 0 saturated carbocycles. The van der Waals surface area contributed by atoms with Crippen molar-refractivity contribution in [3.8, 4) is 11.3 Å². The molecule has 0 amide bonds. The first-order valence-electron chi connectivity index (χ1n) is 6.04. The molecule has 2 aromatic rings. The zero-order valence-corrected chi connectivity index (χ0v) is 10.3. The summed E-state index contributed by atoms with van der Waals surface area (Å²) in [5, 5.41) is 3.44. The number of H-pyrrole nitrogens is 1. The Hall–Kier alpha value is -1.84. The fourth-order valence-electron chi connectivity index (χ4n) is 1.79. The molecular formula is C13H18N4. The minimum Gasteiger partial charge on any atom is -0.367 e. The van der Waals surface area contributed by atoms with Gasteiger partial charge in [-0.1, -0.05) is 13.8 Å². The summed E-state index contributed by atoms with van der Waals surface area (Å²) in [5.74, 6) is 0.922. The van der Waals surface area contributed by atoms with Crippen LogP contribution in [0.3, 0.4) is 0 Å². The highest BCUT2D eigenvalue weighted by atomic mass is 15.0. The van der Waals surface area contributed by atoms with E-state index in [1.807, 2.05) is 24.5 Å². The third-order valence-electron chi connectivity index (χ3n) is 2.91. The van der Waals surface area contributed by atoms with Gasteiger partial charge in [0.1, 0.15) is 5.82 Å². The van der Waals surface area contributed by atoms with Gasteiger partial charge in [0.15, 0.2) is 0 Å². The van der Waals surface area contributed by atoms with E-state index < -0.39 is 0 Å². The van der Waals surface area contributed by atoms with Gasteiger partial charge in [-0.15, -0.1) is 0 Å². The third-order valence-corrected chi connectivity index (χ3v) is 2.91. The van der Waals surface area contributed by atoms with Crippen LogP contribution in [0.15, 0.2) is 30.9 Å². The summed E-state index contributed by atoms with van der Waals surface area (Å²) in [7, 11) is 0. The number of imidazole rings is 1. The number of pyridine rings is 1. The van der Waals surface area contributed by atoms with Gasteiger partial charge in [0.25, 0.3) is 0 Å². The van der Waals surface area contributed by atoms with Gasteiger partial charge >= 0.3 is 0 Å². The molecule has 0 spiro atoms. The lowest BCUT2D eigenvalue weighted by molar-refractivity contribution is 0.668. The molecule has 4 nitrogen and oxygen atoms in total. The molecule has 0 atom stereocenters. The predicted molar refractivity (Wildman–Crippen MR) is 69.8 cm³/mol. The van der Waals surface area contributed by atoms with Gasteiger partial charge in [0, 0.05) is 17.8 Å². The summed E-state index contributed by atoms with van der Waals surface area (Å²) >= 11 is 0. The Morgan fingerprint density at radius 3 is 2.82 bits per heavy atom. The molecule has 0 unspecified atom stereocenters. The quantitative estimate of drug-likeness (QED) is 0.830. The van der Waals surface area contributed by atoms with Crippen molar-refractivity contribution in [3.05, 3.63) is 30.9 Å². The van der Waals surface area contributed by atoms with Crippen LogP contribution in [0.2, 0.25) is 0 Å². The number of anilines is 1. The normalized spacial score (nSPS) is 10.8. The van der Waals surface area contributed by atoms with Crippen LogP contribution in [0, 0.1) is 0 Å². The van der Waals surface area contributed by atoms with Gasteiger partial charge < -0.3 is 10.3 Å². The van der Waals surface area contributed by atoms with Crippen LogP contribution in [0.25, 0.3) is 11.3 Å². The summed E-state index contributed by atoms with van der Waals surface area (Å²) in [6.07, 6.45) is 7.53. The number of nitrogens with one attached hydrogen (secondary N) is 2. The topological polar surface area (TPSA) is 53.6 Å². The van der Waals surface area contributed by atoms with Crippen LogP contribution in [-0.2, 0) is 0 Å². The van der Waals surface area contributed by atoms with Gasteiger partial charge in [-0.25, -0.2) is 9.97 Å². The molecule has 0 saturated heterocycles. The van der Waals surface area contributed by atoms with Crippen molar-refractivity contribution in [2.75, 3.05) is 5.32 Å². The molecule has 0 aliphatic heterocycles. The lowest BCUT2D eigenvalue weighted by Crippen LogP contribution is -2.17. The highest BCUT2D eigenvalue weighted by Crippen LogP contribution is 2.19. The molecule has 2 rings (SSSR count). The Kier molecular flexibility index (Phi) is 3.75. The number of nitrogens with zero attached hydrogens (tertiary/aromatic N) is 2. The Bertz CT molecular complexity index is 446. The number of hydrogen-bond donors (Lipinski definition) is 2. The maximum atomic E-state index is 4.34. The van der Waals surface area contributed by atoms with Crippen molar-refractivity contribution in [1.29, 1.82) is 0 Å². The Labute approximate surface area is 102 Å². The van der Waals surface area contributed by atoms with E-state index in [0.29, 0.717) is 6.04 Å². The van der Waals surface area contributed by atoms with E-state index in [1.165, 1.54) is 0 Å². The number of aromatic nitrogens is 3. The van der Waals surface area contributed by atoms with E-state index in [4.69, 9.17) is 0 Å². The Morgan fingerprint density at radius 2 is 2.18 bits per heavy atom. The zero-order chi connectivity index (χ0) is 12.1. The molecule has 0 radical (unpaired) electrons. The van der Waals surface area contributed by atoms with Crippen LogP contribution < -0.4 is 5.32 Å².